The fraction of sp³-hybridized carbons (Fsp3) is 0.357. The highest BCUT2D eigenvalue weighted by molar-refractivity contribution is 5.79. The Bertz CT molecular complexity index is 543. The third kappa shape index (κ3) is 1.99. The van der Waals surface area contributed by atoms with Crippen LogP contribution in [0, 0.1) is 0 Å². The minimum atomic E-state index is -0.251. The SMILES string of the molecule is NC(CN1CCCC1=O)c1cc2ccccc2o1. The molecule has 1 aliphatic rings. The van der Waals surface area contributed by atoms with Crippen LogP contribution < -0.4 is 5.73 Å². The lowest BCUT2D eigenvalue weighted by Crippen LogP contribution is -2.32. The molecule has 94 valence electrons. The molecule has 1 fully saturated rings. The van der Waals surface area contributed by atoms with Gasteiger partial charge in [0, 0.05) is 24.9 Å². The number of carbonyl (C=O) groups excluding carboxylic acids is 1. The van der Waals surface area contributed by atoms with Crippen molar-refractivity contribution in [1.29, 1.82) is 0 Å². The van der Waals surface area contributed by atoms with E-state index >= 15 is 0 Å². The van der Waals surface area contributed by atoms with Gasteiger partial charge in [0.25, 0.3) is 0 Å². The third-order valence-corrected chi connectivity index (χ3v) is 3.40. The second-order valence-corrected chi connectivity index (χ2v) is 4.74. The number of hydrogen-bond donors (Lipinski definition) is 1. The van der Waals surface area contributed by atoms with Gasteiger partial charge in [-0.25, -0.2) is 0 Å². The van der Waals surface area contributed by atoms with Gasteiger partial charge in [0.05, 0.1) is 6.04 Å². The van der Waals surface area contributed by atoms with E-state index in [2.05, 4.69) is 0 Å². The van der Waals surface area contributed by atoms with Crippen molar-refractivity contribution in [2.75, 3.05) is 13.1 Å². The minimum Gasteiger partial charge on any atom is -0.459 e. The molecule has 18 heavy (non-hydrogen) atoms. The first kappa shape index (κ1) is 11.3. The number of nitrogens with zero attached hydrogens (tertiary/aromatic N) is 1. The molecule has 3 rings (SSSR count). The van der Waals surface area contributed by atoms with Crippen LogP contribution in [0.4, 0.5) is 0 Å². The van der Waals surface area contributed by atoms with E-state index in [0.29, 0.717) is 13.0 Å². The number of hydrogen-bond acceptors (Lipinski definition) is 3. The summed E-state index contributed by atoms with van der Waals surface area (Å²) in [4.78, 5) is 13.4. The van der Waals surface area contributed by atoms with E-state index in [-0.39, 0.29) is 11.9 Å². The average molecular weight is 244 g/mol. The van der Waals surface area contributed by atoms with E-state index in [1.807, 2.05) is 35.2 Å². The predicted octanol–water partition coefficient (Wildman–Crippen LogP) is 2.05. The lowest BCUT2D eigenvalue weighted by Gasteiger charge is -2.19. The second-order valence-electron chi connectivity index (χ2n) is 4.74. The Labute approximate surface area is 105 Å². The van der Waals surface area contributed by atoms with Crippen LogP contribution in [-0.4, -0.2) is 23.9 Å². The number of para-hydroxylation sites is 1. The lowest BCUT2D eigenvalue weighted by molar-refractivity contribution is -0.127. The maximum atomic E-state index is 11.6. The Morgan fingerprint density at radius 2 is 2.22 bits per heavy atom. The molecule has 1 aromatic carbocycles. The smallest absolute Gasteiger partial charge is 0.222 e. The number of nitrogens with two attached hydrogens (primary N) is 1. The van der Waals surface area contributed by atoms with E-state index in [4.69, 9.17) is 10.2 Å². The Morgan fingerprint density at radius 3 is 2.94 bits per heavy atom. The van der Waals surface area contributed by atoms with Crippen molar-refractivity contribution in [1.82, 2.24) is 4.90 Å². The van der Waals surface area contributed by atoms with Crippen LogP contribution in [0.25, 0.3) is 11.0 Å². The number of likely N-dealkylation sites (tertiary alicyclic amines) is 1. The zero-order valence-electron chi connectivity index (χ0n) is 10.1. The molecule has 4 nitrogen and oxygen atoms in total. The van der Waals surface area contributed by atoms with Gasteiger partial charge in [-0.05, 0) is 18.6 Å². The quantitative estimate of drug-likeness (QED) is 0.899. The topological polar surface area (TPSA) is 59.5 Å². The van der Waals surface area contributed by atoms with Gasteiger partial charge in [-0.3, -0.25) is 4.79 Å². The van der Waals surface area contributed by atoms with Crippen LogP contribution in [0.3, 0.4) is 0 Å². The monoisotopic (exact) mass is 244 g/mol. The largest absolute Gasteiger partial charge is 0.459 e. The molecule has 1 saturated heterocycles. The van der Waals surface area contributed by atoms with Crippen molar-refractivity contribution in [2.24, 2.45) is 5.73 Å². The molecular weight excluding hydrogens is 228 g/mol. The fourth-order valence-corrected chi connectivity index (χ4v) is 2.41. The molecule has 1 atom stereocenters. The minimum absolute atomic E-state index is 0.196. The van der Waals surface area contributed by atoms with Gasteiger partial charge in [-0.2, -0.15) is 0 Å². The molecule has 1 amide bonds. The Hall–Kier alpha value is -1.81. The molecule has 0 saturated carbocycles. The maximum Gasteiger partial charge on any atom is 0.222 e. The van der Waals surface area contributed by atoms with Crippen molar-refractivity contribution >= 4 is 16.9 Å². The third-order valence-electron chi connectivity index (χ3n) is 3.40. The average Bonchev–Trinajstić information content (AvgIpc) is 2.96. The highest BCUT2D eigenvalue weighted by Crippen LogP contribution is 2.24. The molecule has 1 aromatic heterocycles. The zero-order chi connectivity index (χ0) is 12.5. The van der Waals surface area contributed by atoms with Crippen LogP contribution in [-0.2, 0) is 4.79 Å². The summed E-state index contributed by atoms with van der Waals surface area (Å²) in [5.41, 5.74) is 6.96. The lowest BCUT2D eigenvalue weighted by atomic mass is 10.2. The van der Waals surface area contributed by atoms with Gasteiger partial charge in [0.1, 0.15) is 11.3 Å². The first-order chi connectivity index (χ1) is 8.74. The van der Waals surface area contributed by atoms with E-state index < -0.39 is 0 Å². The van der Waals surface area contributed by atoms with Gasteiger partial charge in [-0.1, -0.05) is 18.2 Å². The first-order valence-corrected chi connectivity index (χ1v) is 6.26. The summed E-state index contributed by atoms with van der Waals surface area (Å²) in [6, 6.07) is 9.53. The second kappa shape index (κ2) is 4.46. The van der Waals surface area contributed by atoms with Gasteiger partial charge in [0.2, 0.25) is 5.91 Å². The summed E-state index contributed by atoms with van der Waals surface area (Å²) >= 11 is 0. The molecule has 1 aliphatic heterocycles. The molecule has 2 N–H and O–H groups in total. The van der Waals surface area contributed by atoms with Crippen molar-refractivity contribution in [3.05, 3.63) is 36.1 Å². The Kier molecular flexibility index (Phi) is 2.80. The Balaban J connectivity index is 1.79. The van der Waals surface area contributed by atoms with Gasteiger partial charge < -0.3 is 15.1 Å². The molecule has 4 heteroatoms. The number of furan rings is 1. The van der Waals surface area contributed by atoms with Gasteiger partial charge >= 0.3 is 0 Å². The van der Waals surface area contributed by atoms with Gasteiger partial charge in [0.15, 0.2) is 0 Å². The number of amides is 1. The predicted molar refractivity (Wildman–Crippen MR) is 69.0 cm³/mol. The summed E-state index contributed by atoms with van der Waals surface area (Å²) < 4.78 is 5.71. The number of rotatable bonds is 3. The molecule has 1 unspecified atom stereocenters. The maximum absolute atomic E-state index is 11.6. The van der Waals surface area contributed by atoms with Crippen molar-refractivity contribution in [3.63, 3.8) is 0 Å². The summed E-state index contributed by atoms with van der Waals surface area (Å²) in [5.74, 6) is 0.942. The van der Waals surface area contributed by atoms with E-state index in [9.17, 15) is 4.79 Å². The molecule has 0 radical (unpaired) electrons. The van der Waals surface area contributed by atoms with Crippen molar-refractivity contribution in [3.8, 4) is 0 Å². The summed E-state index contributed by atoms with van der Waals surface area (Å²) in [6.45, 7) is 1.35. The Morgan fingerprint density at radius 1 is 1.39 bits per heavy atom. The van der Waals surface area contributed by atoms with Crippen molar-refractivity contribution < 1.29 is 9.21 Å². The molecule has 2 aromatic rings. The summed E-state index contributed by atoms with van der Waals surface area (Å²) in [6.07, 6.45) is 1.58. The summed E-state index contributed by atoms with van der Waals surface area (Å²) in [7, 11) is 0. The van der Waals surface area contributed by atoms with Crippen LogP contribution in [0.1, 0.15) is 24.6 Å². The van der Waals surface area contributed by atoms with Crippen LogP contribution >= 0.6 is 0 Å². The van der Waals surface area contributed by atoms with Crippen molar-refractivity contribution in [2.45, 2.75) is 18.9 Å². The molecular formula is C14H16N2O2. The normalized spacial score (nSPS) is 17.6. The van der Waals surface area contributed by atoms with Gasteiger partial charge in [-0.15, -0.1) is 0 Å². The molecule has 0 bridgehead atoms. The van der Waals surface area contributed by atoms with E-state index in [1.54, 1.807) is 0 Å². The van der Waals surface area contributed by atoms with Crippen LogP contribution in [0.2, 0.25) is 0 Å². The standard InChI is InChI=1S/C14H16N2O2/c15-11(9-16-7-3-6-14(16)17)13-8-10-4-1-2-5-12(10)18-13/h1-2,4-5,8,11H,3,6-7,9,15H2. The highest BCUT2D eigenvalue weighted by Gasteiger charge is 2.23. The van der Waals surface area contributed by atoms with E-state index in [0.717, 1.165) is 29.7 Å². The molecule has 0 spiro atoms. The molecule has 0 aliphatic carbocycles. The van der Waals surface area contributed by atoms with E-state index in [1.165, 1.54) is 0 Å². The number of fused-ring (bicyclic) bond motifs is 1. The first-order valence-electron chi connectivity index (χ1n) is 6.26. The molecule has 2 heterocycles. The number of benzene rings is 1. The van der Waals surface area contributed by atoms with Crippen LogP contribution in [0.5, 0.6) is 0 Å². The fourth-order valence-electron chi connectivity index (χ4n) is 2.41. The number of carbonyl (C=O) groups is 1. The highest BCUT2D eigenvalue weighted by atomic mass is 16.3. The van der Waals surface area contributed by atoms with Crippen LogP contribution in [0.15, 0.2) is 34.7 Å². The zero-order valence-corrected chi connectivity index (χ0v) is 10.1. The summed E-state index contributed by atoms with van der Waals surface area (Å²) in [5, 5.41) is 1.05.